The number of hydrogen-bond acceptors (Lipinski definition) is 2. The van der Waals surface area contributed by atoms with Crippen LogP contribution >= 0.6 is 0 Å². The maximum Gasteiger partial charge on any atom is 0.141 e. The fourth-order valence-corrected chi connectivity index (χ4v) is 1.09. The molecule has 1 N–H and O–H groups in total. The number of phenols is 1. The predicted molar refractivity (Wildman–Crippen MR) is 43.4 cm³/mol. The van der Waals surface area contributed by atoms with Gasteiger partial charge in [0.2, 0.25) is 0 Å². The van der Waals surface area contributed by atoms with Gasteiger partial charge < -0.3 is 5.11 Å². The van der Waals surface area contributed by atoms with Crippen molar-refractivity contribution in [1.82, 2.24) is 4.98 Å². The fraction of sp³-hybridized carbons (Fsp3) is 0. The summed E-state index contributed by atoms with van der Waals surface area (Å²) in [6.07, 6.45) is 1.67. The molecule has 1 heterocycles. The first-order valence-electron chi connectivity index (χ1n) is 3.40. The van der Waals surface area contributed by atoms with E-state index in [1.165, 1.54) is 0 Å². The van der Waals surface area contributed by atoms with E-state index < -0.39 is 0 Å². The van der Waals surface area contributed by atoms with Crippen molar-refractivity contribution in [2.75, 3.05) is 0 Å². The third kappa shape index (κ3) is 2.62. The summed E-state index contributed by atoms with van der Waals surface area (Å²) in [6.45, 7) is 0. The van der Waals surface area contributed by atoms with Gasteiger partial charge >= 0.3 is 0 Å². The summed E-state index contributed by atoms with van der Waals surface area (Å²) >= 11 is 0. The second kappa shape index (κ2) is 5.51. The summed E-state index contributed by atoms with van der Waals surface area (Å²) in [4.78, 5) is 4.03. The summed E-state index contributed by atoms with van der Waals surface area (Å²) in [5.74, 6) is 0.239. The largest absolute Gasteiger partial charge is 0.506 e. The summed E-state index contributed by atoms with van der Waals surface area (Å²) < 4.78 is 0. The first kappa shape index (κ1) is 12.8. The molecule has 0 saturated heterocycles. The molecule has 1 aromatic heterocycles. The maximum atomic E-state index is 9.31. The van der Waals surface area contributed by atoms with Crippen LogP contribution < -0.4 is 0 Å². The van der Waals surface area contributed by atoms with Crippen LogP contribution in [0.25, 0.3) is 10.9 Å². The second-order valence-electron chi connectivity index (χ2n) is 2.35. The first-order valence-corrected chi connectivity index (χ1v) is 3.40. The van der Waals surface area contributed by atoms with Crippen LogP contribution in [0.1, 0.15) is 0 Å². The zero-order chi connectivity index (χ0) is 7.68. The van der Waals surface area contributed by atoms with E-state index >= 15 is 0 Å². The van der Waals surface area contributed by atoms with Gasteiger partial charge in [0.05, 0.1) is 0 Å². The summed E-state index contributed by atoms with van der Waals surface area (Å²) in [5.41, 5.74) is 0.662. The van der Waals surface area contributed by atoms with E-state index in [1.54, 1.807) is 18.3 Å². The van der Waals surface area contributed by atoms with Crippen molar-refractivity contribution in [3.63, 3.8) is 0 Å². The molecule has 0 aliphatic rings. The normalized spacial score (nSPS) is 8.62. The van der Waals surface area contributed by atoms with E-state index in [0.29, 0.717) is 5.52 Å². The molecule has 1 aromatic carbocycles. The number of aromatic nitrogens is 1. The number of hydrogen-bond donors (Lipinski definition) is 1. The third-order valence-corrected chi connectivity index (χ3v) is 1.61. The third-order valence-electron chi connectivity index (χ3n) is 1.61. The number of fused-ring (bicyclic) bond motifs is 1. The topological polar surface area (TPSA) is 33.1 Å². The van der Waals surface area contributed by atoms with Crippen molar-refractivity contribution >= 4 is 10.9 Å². The van der Waals surface area contributed by atoms with E-state index in [1.807, 2.05) is 18.2 Å². The van der Waals surface area contributed by atoms with Gasteiger partial charge in [-0.05, 0) is 12.1 Å². The van der Waals surface area contributed by atoms with Crippen LogP contribution in [-0.2, 0) is 41.9 Å². The molecule has 67 valence electrons. The standard InChI is InChI=1S/C9H7NO.Ag.Zn/c11-8-5-1-3-7-4-2-6-10-9(7)8;;/h1-6,11H;;. The zero-order valence-electron chi connectivity index (χ0n) is 6.87. The number of para-hydroxylation sites is 1. The number of rotatable bonds is 0. The molecule has 1 radical (unpaired) electrons. The number of phenolic OH excluding ortho intramolecular Hbond substituents is 1. The van der Waals surface area contributed by atoms with E-state index in [4.69, 9.17) is 0 Å². The van der Waals surface area contributed by atoms with Gasteiger partial charge in [0.15, 0.2) is 0 Å². The van der Waals surface area contributed by atoms with Gasteiger partial charge in [-0.2, -0.15) is 0 Å². The molecule has 2 rings (SSSR count). The van der Waals surface area contributed by atoms with E-state index in [2.05, 4.69) is 4.98 Å². The van der Waals surface area contributed by atoms with E-state index in [-0.39, 0.29) is 47.6 Å². The van der Waals surface area contributed by atoms with Crippen molar-refractivity contribution in [1.29, 1.82) is 0 Å². The molecule has 0 unspecified atom stereocenters. The molecule has 0 saturated carbocycles. The van der Waals surface area contributed by atoms with Crippen molar-refractivity contribution in [2.45, 2.75) is 0 Å². The Balaban J connectivity index is 0.000000720. The average Bonchev–Trinajstić information content (AvgIpc) is 2.06. The summed E-state index contributed by atoms with van der Waals surface area (Å²) in [5, 5.41) is 10.3. The van der Waals surface area contributed by atoms with Crippen LogP contribution in [0.4, 0.5) is 0 Å². The van der Waals surface area contributed by atoms with E-state index in [9.17, 15) is 5.11 Å². The second-order valence-corrected chi connectivity index (χ2v) is 2.35. The molecule has 0 aliphatic heterocycles. The average molecular weight is 318 g/mol. The van der Waals surface area contributed by atoms with E-state index in [0.717, 1.165) is 5.39 Å². The smallest absolute Gasteiger partial charge is 0.141 e. The Labute approximate surface area is 105 Å². The Morgan fingerprint density at radius 2 is 1.77 bits per heavy atom. The van der Waals surface area contributed by atoms with Gasteiger partial charge in [-0.3, -0.25) is 4.98 Å². The number of aromatic hydroxyl groups is 1. The quantitative estimate of drug-likeness (QED) is 0.753. The fourth-order valence-electron chi connectivity index (χ4n) is 1.09. The van der Waals surface area contributed by atoms with Crippen molar-refractivity contribution in [2.24, 2.45) is 0 Å². The van der Waals surface area contributed by atoms with Crippen LogP contribution in [0.3, 0.4) is 0 Å². The Kier molecular flexibility index (Phi) is 5.42. The molecule has 0 fully saturated rings. The molecule has 2 aromatic rings. The minimum absolute atomic E-state index is 0. The molecule has 4 heteroatoms. The van der Waals surface area contributed by atoms with Crippen molar-refractivity contribution in [3.8, 4) is 5.75 Å². The Morgan fingerprint density at radius 1 is 1.08 bits per heavy atom. The molecular formula is C9H7AgNOZn. The van der Waals surface area contributed by atoms with Gasteiger partial charge in [0.1, 0.15) is 11.3 Å². The summed E-state index contributed by atoms with van der Waals surface area (Å²) in [6, 6.07) is 9.13. The van der Waals surface area contributed by atoms with Crippen LogP contribution in [0, 0.1) is 0 Å². The van der Waals surface area contributed by atoms with Gasteiger partial charge in [-0.1, -0.05) is 18.2 Å². The Bertz CT molecular complexity index is 389. The Morgan fingerprint density at radius 3 is 2.46 bits per heavy atom. The molecular weight excluding hydrogens is 311 g/mol. The molecule has 0 amide bonds. The Hall–Kier alpha value is -0.206. The predicted octanol–water partition coefficient (Wildman–Crippen LogP) is 1.94. The SMILES string of the molecule is Oc1cccc2cccnc12.[Ag].[Zn]. The van der Waals surface area contributed by atoms with Crippen LogP contribution in [-0.4, -0.2) is 10.1 Å². The zero-order valence-corrected chi connectivity index (χ0v) is 11.3. The summed E-state index contributed by atoms with van der Waals surface area (Å²) in [7, 11) is 0. The molecule has 0 atom stereocenters. The van der Waals surface area contributed by atoms with Crippen LogP contribution in [0.2, 0.25) is 0 Å². The number of nitrogens with zero attached hydrogens (tertiary/aromatic N) is 1. The van der Waals surface area contributed by atoms with Gasteiger partial charge in [0, 0.05) is 53.4 Å². The van der Waals surface area contributed by atoms with Crippen molar-refractivity contribution < 1.29 is 47.0 Å². The molecule has 0 aliphatic carbocycles. The minimum Gasteiger partial charge on any atom is -0.506 e. The monoisotopic (exact) mass is 316 g/mol. The number of pyridine rings is 1. The van der Waals surface area contributed by atoms with Gasteiger partial charge in [-0.25, -0.2) is 0 Å². The first-order chi connectivity index (χ1) is 5.38. The molecule has 2 nitrogen and oxygen atoms in total. The molecule has 13 heavy (non-hydrogen) atoms. The maximum absolute atomic E-state index is 9.31. The van der Waals surface area contributed by atoms with Gasteiger partial charge in [-0.15, -0.1) is 0 Å². The van der Waals surface area contributed by atoms with Crippen molar-refractivity contribution in [3.05, 3.63) is 36.5 Å². The molecule has 0 spiro atoms. The number of benzene rings is 1. The molecule has 0 bridgehead atoms. The van der Waals surface area contributed by atoms with Gasteiger partial charge in [0.25, 0.3) is 0 Å². The minimum atomic E-state index is 0. The van der Waals surface area contributed by atoms with Crippen LogP contribution in [0.15, 0.2) is 36.5 Å². The van der Waals surface area contributed by atoms with Crippen LogP contribution in [0.5, 0.6) is 5.75 Å².